The van der Waals surface area contributed by atoms with E-state index in [-0.39, 0.29) is 6.61 Å². The minimum atomic E-state index is -0.684. The van der Waals surface area contributed by atoms with Gasteiger partial charge in [0.05, 0.1) is 18.3 Å². The second kappa shape index (κ2) is 11.0. The summed E-state index contributed by atoms with van der Waals surface area (Å²) in [6.07, 6.45) is 4.30. The minimum absolute atomic E-state index is 0.00596. The second-order valence-electron chi connectivity index (χ2n) is 6.93. The van der Waals surface area contributed by atoms with Crippen LogP contribution in [0.4, 0.5) is 4.79 Å². The summed E-state index contributed by atoms with van der Waals surface area (Å²) >= 11 is 0. The van der Waals surface area contributed by atoms with Gasteiger partial charge in [-0.2, -0.15) is 0 Å². The molecule has 6 nitrogen and oxygen atoms in total. The number of benzene rings is 2. The van der Waals surface area contributed by atoms with Gasteiger partial charge >= 0.3 is 6.09 Å². The quantitative estimate of drug-likeness (QED) is 0.545. The average Bonchev–Trinajstić information content (AvgIpc) is 3.27. The zero-order chi connectivity index (χ0) is 20.3. The van der Waals surface area contributed by atoms with E-state index >= 15 is 0 Å². The predicted octanol–water partition coefficient (Wildman–Crippen LogP) is 3.90. The standard InChI is InChI=1S/C23H26N2O4/c26-22(13-7-12-18-8-3-1-4-9-18)21(14-19-10-5-2-6-11-19)25-23(27)28-16-20-15-24-17-29-20/h1-6,8-11,15,17,21-22,26H,7,12-14,16H2,(H,25,27). The molecule has 0 bridgehead atoms. The summed E-state index contributed by atoms with van der Waals surface area (Å²) in [6, 6.07) is 19.5. The van der Waals surface area contributed by atoms with Gasteiger partial charge in [-0.1, -0.05) is 60.7 Å². The summed E-state index contributed by atoms with van der Waals surface area (Å²) in [5.41, 5.74) is 2.27. The number of aromatic nitrogens is 1. The van der Waals surface area contributed by atoms with Crippen LogP contribution < -0.4 is 5.32 Å². The van der Waals surface area contributed by atoms with Gasteiger partial charge < -0.3 is 19.6 Å². The third-order valence-corrected chi connectivity index (χ3v) is 4.70. The molecule has 3 rings (SSSR count). The molecule has 1 heterocycles. The summed E-state index contributed by atoms with van der Waals surface area (Å²) in [4.78, 5) is 16.0. The molecule has 2 aromatic carbocycles. The van der Waals surface area contributed by atoms with Crippen LogP contribution in [0.2, 0.25) is 0 Å². The third-order valence-electron chi connectivity index (χ3n) is 4.70. The van der Waals surface area contributed by atoms with Crippen molar-refractivity contribution >= 4 is 6.09 Å². The second-order valence-corrected chi connectivity index (χ2v) is 6.93. The van der Waals surface area contributed by atoms with Crippen LogP contribution in [-0.2, 0) is 24.2 Å². The van der Waals surface area contributed by atoms with Crippen molar-refractivity contribution in [1.82, 2.24) is 10.3 Å². The van der Waals surface area contributed by atoms with E-state index in [9.17, 15) is 9.90 Å². The molecule has 0 radical (unpaired) electrons. The Morgan fingerprint density at radius 1 is 1.07 bits per heavy atom. The lowest BCUT2D eigenvalue weighted by atomic mass is 9.96. The molecule has 0 saturated carbocycles. The number of oxazole rings is 1. The van der Waals surface area contributed by atoms with Crippen molar-refractivity contribution < 1.29 is 19.1 Å². The summed E-state index contributed by atoms with van der Waals surface area (Å²) in [5.74, 6) is 0.461. The van der Waals surface area contributed by atoms with E-state index < -0.39 is 18.2 Å². The van der Waals surface area contributed by atoms with Crippen LogP contribution in [0.3, 0.4) is 0 Å². The molecule has 3 aromatic rings. The lowest BCUT2D eigenvalue weighted by molar-refractivity contribution is 0.0923. The molecule has 0 aliphatic heterocycles. The Kier molecular flexibility index (Phi) is 7.83. The number of ether oxygens (including phenoxy) is 1. The van der Waals surface area contributed by atoms with Crippen molar-refractivity contribution in [2.45, 2.75) is 44.4 Å². The van der Waals surface area contributed by atoms with Crippen LogP contribution in [0.1, 0.15) is 29.7 Å². The predicted molar refractivity (Wildman–Crippen MR) is 109 cm³/mol. The smallest absolute Gasteiger partial charge is 0.407 e. The highest BCUT2D eigenvalue weighted by Gasteiger charge is 2.22. The molecule has 152 valence electrons. The first-order valence-electron chi connectivity index (χ1n) is 9.77. The van der Waals surface area contributed by atoms with Crippen molar-refractivity contribution in [2.24, 2.45) is 0 Å². The van der Waals surface area contributed by atoms with E-state index in [1.807, 2.05) is 48.5 Å². The van der Waals surface area contributed by atoms with Crippen molar-refractivity contribution in [3.63, 3.8) is 0 Å². The van der Waals surface area contributed by atoms with E-state index in [1.54, 1.807) is 0 Å². The molecule has 29 heavy (non-hydrogen) atoms. The van der Waals surface area contributed by atoms with Crippen LogP contribution in [0.5, 0.6) is 0 Å². The van der Waals surface area contributed by atoms with Gasteiger partial charge in [0.25, 0.3) is 0 Å². The SMILES string of the molecule is O=C(NC(Cc1ccccc1)C(O)CCCc1ccccc1)OCc1cnco1. The Bertz CT molecular complexity index is 838. The first-order chi connectivity index (χ1) is 14.2. The maximum Gasteiger partial charge on any atom is 0.407 e. The molecule has 2 atom stereocenters. The number of rotatable bonds is 10. The summed E-state index contributed by atoms with van der Waals surface area (Å²) in [7, 11) is 0. The van der Waals surface area contributed by atoms with Crippen LogP contribution in [0, 0.1) is 0 Å². The fourth-order valence-electron chi connectivity index (χ4n) is 3.16. The molecule has 1 aromatic heterocycles. The number of hydrogen-bond donors (Lipinski definition) is 2. The lowest BCUT2D eigenvalue weighted by Crippen LogP contribution is -2.45. The third kappa shape index (κ3) is 7.08. The summed E-state index contributed by atoms with van der Waals surface area (Å²) in [5, 5.41) is 13.6. The maximum atomic E-state index is 12.2. The van der Waals surface area contributed by atoms with Crippen molar-refractivity contribution in [3.8, 4) is 0 Å². The van der Waals surface area contributed by atoms with Crippen LogP contribution in [0.25, 0.3) is 0 Å². The van der Waals surface area contributed by atoms with E-state index in [0.29, 0.717) is 18.6 Å². The zero-order valence-electron chi connectivity index (χ0n) is 16.2. The molecule has 0 aliphatic rings. The Labute approximate surface area is 170 Å². The van der Waals surface area contributed by atoms with Gasteiger partial charge in [0, 0.05) is 0 Å². The van der Waals surface area contributed by atoms with Gasteiger partial charge in [-0.05, 0) is 36.8 Å². The highest BCUT2D eigenvalue weighted by atomic mass is 16.6. The monoisotopic (exact) mass is 394 g/mol. The van der Waals surface area contributed by atoms with Gasteiger partial charge in [-0.3, -0.25) is 0 Å². The van der Waals surface area contributed by atoms with Gasteiger partial charge in [0.2, 0.25) is 0 Å². The Hall–Kier alpha value is -3.12. The molecule has 1 amide bonds. The van der Waals surface area contributed by atoms with Crippen molar-refractivity contribution in [1.29, 1.82) is 0 Å². The Morgan fingerprint density at radius 3 is 2.41 bits per heavy atom. The van der Waals surface area contributed by atoms with Crippen molar-refractivity contribution in [2.75, 3.05) is 0 Å². The normalized spacial score (nSPS) is 12.9. The molecule has 0 saturated heterocycles. The largest absolute Gasteiger partial charge is 0.445 e. The number of alkyl carbamates (subject to hydrolysis) is 1. The Morgan fingerprint density at radius 2 is 1.76 bits per heavy atom. The van der Waals surface area contributed by atoms with E-state index in [2.05, 4.69) is 22.4 Å². The summed E-state index contributed by atoms with van der Waals surface area (Å²) < 4.78 is 10.2. The summed E-state index contributed by atoms with van der Waals surface area (Å²) in [6.45, 7) is -0.00596. The highest BCUT2D eigenvalue weighted by molar-refractivity contribution is 5.67. The molecule has 0 spiro atoms. The number of amides is 1. The fourth-order valence-corrected chi connectivity index (χ4v) is 3.16. The number of hydrogen-bond acceptors (Lipinski definition) is 5. The van der Waals surface area contributed by atoms with E-state index in [4.69, 9.17) is 9.15 Å². The molecular weight excluding hydrogens is 368 g/mol. The lowest BCUT2D eigenvalue weighted by Gasteiger charge is -2.24. The first-order valence-corrected chi connectivity index (χ1v) is 9.77. The number of aryl methyl sites for hydroxylation is 1. The van der Waals surface area contributed by atoms with Crippen LogP contribution in [-0.4, -0.2) is 28.3 Å². The maximum absolute atomic E-state index is 12.2. The molecule has 0 fully saturated rings. The van der Waals surface area contributed by atoms with Gasteiger partial charge in [-0.15, -0.1) is 0 Å². The average molecular weight is 394 g/mol. The molecular formula is C23H26N2O4. The van der Waals surface area contributed by atoms with Gasteiger partial charge in [-0.25, -0.2) is 9.78 Å². The molecule has 0 aliphatic carbocycles. The molecule has 6 heteroatoms. The fraction of sp³-hybridized carbons (Fsp3) is 0.304. The number of aliphatic hydroxyl groups excluding tert-OH is 1. The zero-order valence-corrected chi connectivity index (χ0v) is 16.2. The van der Waals surface area contributed by atoms with Gasteiger partial charge in [0.1, 0.15) is 0 Å². The topological polar surface area (TPSA) is 84.6 Å². The highest BCUT2D eigenvalue weighted by Crippen LogP contribution is 2.13. The number of nitrogens with zero attached hydrogens (tertiary/aromatic N) is 1. The van der Waals surface area contributed by atoms with Crippen LogP contribution >= 0.6 is 0 Å². The minimum Gasteiger partial charge on any atom is -0.445 e. The number of carbonyl (C=O) groups is 1. The molecule has 2 N–H and O–H groups in total. The van der Waals surface area contributed by atoms with Crippen LogP contribution in [0.15, 0.2) is 77.7 Å². The number of carbonyl (C=O) groups excluding carboxylic acids is 1. The van der Waals surface area contributed by atoms with E-state index in [1.165, 1.54) is 18.2 Å². The first kappa shape index (κ1) is 20.6. The van der Waals surface area contributed by atoms with Crippen molar-refractivity contribution in [3.05, 3.63) is 90.1 Å². The number of aliphatic hydroxyl groups is 1. The Balaban J connectivity index is 1.54. The van der Waals surface area contributed by atoms with E-state index in [0.717, 1.165) is 18.4 Å². The van der Waals surface area contributed by atoms with Gasteiger partial charge in [0.15, 0.2) is 18.8 Å². The number of nitrogens with one attached hydrogen (secondary N) is 1. The molecule has 2 unspecified atom stereocenters.